The lowest BCUT2D eigenvalue weighted by molar-refractivity contribution is -0.141. The molecule has 1 saturated heterocycles. The Morgan fingerprint density at radius 1 is 1.10 bits per heavy atom. The minimum atomic E-state index is -0.968. The maximum atomic E-state index is 13.5. The number of hydrogen-bond acceptors (Lipinski definition) is 8. The van der Waals surface area contributed by atoms with Gasteiger partial charge in [0.15, 0.2) is 0 Å². The Morgan fingerprint density at radius 3 is 2.31 bits per heavy atom. The number of aliphatic hydroxyl groups is 2. The highest BCUT2D eigenvalue weighted by atomic mass is 16.6. The summed E-state index contributed by atoms with van der Waals surface area (Å²) in [6.07, 6.45) is 1.63. The van der Waals surface area contributed by atoms with Crippen LogP contribution in [0.2, 0.25) is 0 Å². The summed E-state index contributed by atoms with van der Waals surface area (Å²) in [7, 11) is 0. The first-order valence-electron chi connectivity index (χ1n) is 13.1. The molecule has 11 nitrogen and oxygen atoms in total. The van der Waals surface area contributed by atoms with Crippen molar-refractivity contribution in [1.29, 1.82) is 0 Å². The number of nitrogens with zero attached hydrogens (tertiary/aromatic N) is 3. The Kier molecular flexibility index (Phi) is 9.63. The van der Waals surface area contributed by atoms with Crippen LogP contribution in [0, 0.1) is 12.8 Å². The summed E-state index contributed by atoms with van der Waals surface area (Å²) in [4.78, 5) is 49.1. The van der Waals surface area contributed by atoms with Crippen molar-refractivity contribution in [2.75, 3.05) is 13.2 Å². The molecule has 0 radical (unpaired) electrons. The van der Waals surface area contributed by atoms with E-state index in [2.05, 4.69) is 20.6 Å². The smallest absolute Gasteiger partial charge is 0.408 e. The van der Waals surface area contributed by atoms with E-state index in [9.17, 15) is 24.6 Å². The summed E-state index contributed by atoms with van der Waals surface area (Å²) in [5.74, 6) is -1.29. The first-order valence-corrected chi connectivity index (χ1v) is 13.1. The monoisotopic (exact) mass is 541 g/mol. The van der Waals surface area contributed by atoms with Gasteiger partial charge in [-0.2, -0.15) is 0 Å². The topological polar surface area (TPSA) is 154 Å². The van der Waals surface area contributed by atoms with Gasteiger partial charge >= 0.3 is 6.09 Å². The van der Waals surface area contributed by atoms with Crippen LogP contribution in [0.15, 0.2) is 36.7 Å². The van der Waals surface area contributed by atoms with E-state index in [0.29, 0.717) is 5.56 Å². The molecule has 2 heterocycles. The minimum Gasteiger partial charge on any atom is -0.444 e. The number of aliphatic hydroxyl groups excluding tert-OH is 2. The molecular formula is C28H39N5O6. The molecule has 1 fully saturated rings. The lowest BCUT2D eigenvalue weighted by Gasteiger charge is -2.31. The first-order chi connectivity index (χ1) is 18.3. The average Bonchev–Trinajstić information content (AvgIpc) is 3.26. The fraction of sp³-hybridized carbons (Fsp3) is 0.536. The van der Waals surface area contributed by atoms with E-state index in [4.69, 9.17) is 4.74 Å². The Hall–Kier alpha value is -3.57. The van der Waals surface area contributed by atoms with Crippen LogP contribution in [-0.4, -0.2) is 79.9 Å². The summed E-state index contributed by atoms with van der Waals surface area (Å²) in [5.41, 5.74) is 2.29. The van der Waals surface area contributed by atoms with Crippen molar-refractivity contribution in [2.24, 2.45) is 5.92 Å². The number of ether oxygens (including phenoxy) is 1. The summed E-state index contributed by atoms with van der Waals surface area (Å²) in [6, 6.07) is 4.60. The number of alkyl carbamates (subject to hydrolysis) is 1. The quantitative estimate of drug-likeness (QED) is 0.396. The van der Waals surface area contributed by atoms with Crippen LogP contribution in [0.4, 0.5) is 4.79 Å². The molecule has 0 saturated carbocycles. The molecule has 39 heavy (non-hydrogen) atoms. The number of aromatic nitrogens is 2. The molecule has 1 aliphatic rings. The summed E-state index contributed by atoms with van der Waals surface area (Å²) >= 11 is 0. The fourth-order valence-corrected chi connectivity index (χ4v) is 4.50. The molecule has 3 amide bonds. The molecule has 1 aromatic heterocycles. The second-order valence-electron chi connectivity index (χ2n) is 11.1. The number of rotatable bonds is 8. The van der Waals surface area contributed by atoms with Gasteiger partial charge in [0.25, 0.3) is 0 Å². The van der Waals surface area contributed by atoms with E-state index in [1.165, 1.54) is 4.90 Å². The predicted octanol–water partition coefficient (Wildman–Crippen LogP) is 2.11. The van der Waals surface area contributed by atoms with Crippen molar-refractivity contribution in [3.63, 3.8) is 0 Å². The molecule has 11 heteroatoms. The zero-order chi connectivity index (χ0) is 28.9. The molecule has 0 spiro atoms. The van der Waals surface area contributed by atoms with Gasteiger partial charge in [0.05, 0.1) is 30.1 Å². The molecule has 3 rings (SSSR count). The summed E-state index contributed by atoms with van der Waals surface area (Å²) in [5, 5.41) is 25.8. The number of carbonyl (C=O) groups excluding carboxylic acids is 3. The number of amides is 3. The number of β-amino-alcohol motifs (C(OH)–C–C–N with tert-alkyl or cyclic N) is 1. The SMILES string of the molecule is Cc1nccnc1-c1ccc([C@H](CO)NC(=O)[C@@H]2C[C@@H](O)CN2C(=O)[C@@H](NC(=O)OC(C)(C)C)C(C)C)cc1. The van der Waals surface area contributed by atoms with Gasteiger partial charge < -0.3 is 30.5 Å². The van der Waals surface area contributed by atoms with Crippen LogP contribution in [0.3, 0.4) is 0 Å². The predicted molar refractivity (Wildman–Crippen MR) is 144 cm³/mol. The van der Waals surface area contributed by atoms with E-state index in [-0.39, 0.29) is 25.5 Å². The van der Waals surface area contributed by atoms with Crippen LogP contribution in [0.25, 0.3) is 11.3 Å². The largest absolute Gasteiger partial charge is 0.444 e. The average molecular weight is 542 g/mol. The normalized spacial score (nSPS) is 18.9. The maximum Gasteiger partial charge on any atom is 0.408 e. The van der Waals surface area contributed by atoms with E-state index < -0.39 is 47.7 Å². The highest BCUT2D eigenvalue weighted by Gasteiger charge is 2.43. The zero-order valence-electron chi connectivity index (χ0n) is 23.3. The van der Waals surface area contributed by atoms with Gasteiger partial charge in [-0.3, -0.25) is 19.6 Å². The molecule has 4 atom stereocenters. The van der Waals surface area contributed by atoms with Crippen LogP contribution in [0.1, 0.15) is 58.3 Å². The second kappa shape index (κ2) is 12.5. The second-order valence-corrected chi connectivity index (χ2v) is 11.1. The maximum absolute atomic E-state index is 13.5. The number of aryl methyl sites for hydroxylation is 1. The van der Waals surface area contributed by atoms with E-state index in [0.717, 1.165) is 17.0 Å². The third-order valence-electron chi connectivity index (χ3n) is 6.44. The standard InChI is InChI=1S/C28H39N5O6/c1-16(2)23(32-27(38)39-28(4,5)6)26(37)33-14-20(35)13-22(33)25(36)31-21(15-34)18-7-9-19(10-8-18)24-17(3)29-11-12-30-24/h7-12,16,20-23,34-35H,13-15H2,1-6H3,(H,31,36)(H,32,38)/t20-,21+,22+,23+/m1/s1. The third-order valence-corrected chi connectivity index (χ3v) is 6.44. The van der Waals surface area contributed by atoms with Gasteiger partial charge in [-0.25, -0.2) is 4.79 Å². The van der Waals surface area contributed by atoms with Gasteiger partial charge in [0.1, 0.15) is 17.7 Å². The van der Waals surface area contributed by atoms with Crippen molar-refractivity contribution in [3.8, 4) is 11.3 Å². The van der Waals surface area contributed by atoms with Gasteiger partial charge in [-0.1, -0.05) is 38.1 Å². The van der Waals surface area contributed by atoms with Gasteiger partial charge in [0.2, 0.25) is 11.8 Å². The van der Waals surface area contributed by atoms with Crippen molar-refractivity contribution >= 4 is 17.9 Å². The lowest BCUT2D eigenvalue weighted by atomic mass is 10.0. The van der Waals surface area contributed by atoms with Crippen molar-refractivity contribution in [3.05, 3.63) is 47.9 Å². The number of benzene rings is 1. The lowest BCUT2D eigenvalue weighted by Crippen LogP contribution is -2.56. The van der Waals surface area contributed by atoms with Gasteiger partial charge in [-0.15, -0.1) is 0 Å². The van der Waals surface area contributed by atoms with Crippen LogP contribution >= 0.6 is 0 Å². The summed E-state index contributed by atoms with van der Waals surface area (Å²) in [6.45, 7) is 10.2. The Bertz CT molecular complexity index is 1160. The molecule has 0 unspecified atom stereocenters. The fourth-order valence-electron chi connectivity index (χ4n) is 4.50. The molecular weight excluding hydrogens is 502 g/mol. The van der Waals surface area contributed by atoms with Crippen molar-refractivity contribution < 1.29 is 29.3 Å². The third kappa shape index (κ3) is 7.73. The Morgan fingerprint density at radius 2 is 1.74 bits per heavy atom. The van der Waals surface area contributed by atoms with Crippen LogP contribution in [-0.2, 0) is 14.3 Å². The van der Waals surface area contributed by atoms with Crippen LogP contribution < -0.4 is 10.6 Å². The molecule has 212 valence electrons. The number of likely N-dealkylation sites (tertiary alicyclic amines) is 1. The van der Waals surface area contributed by atoms with E-state index in [1.54, 1.807) is 59.1 Å². The highest BCUT2D eigenvalue weighted by molar-refractivity contribution is 5.92. The zero-order valence-corrected chi connectivity index (χ0v) is 23.3. The highest BCUT2D eigenvalue weighted by Crippen LogP contribution is 2.25. The molecule has 1 aliphatic heterocycles. The minimum absolute atomic E-state index is 0.0395. The van der Waals surface area contributed by atoms with Crippen molar-refractivity contribution in [1.82, 2.24) is 25.5 Å². The molecule has 1 aromatic carbocycles. The van der Waals surface area contributed by atoms with Crippen molar-refractivity contribution in [2.45, 2.75) is 77.8 Å². The van der Waals surface area contributed by atoms with Gasteiger partial charge in [-0.05, 0) is 39.2 Å². The Balaban J connectivity index is 1.74. The molecule has 4 N–H and O–H groups in total. The molecule has 0 bridgehead atoms. The van der Waals surface area contributed by atoms with Gasteiger partial charge in [0, 0.05) is 30.9 Å². The molecule has 0 aliphatic carbocycles. The number of hydrogen-bond donors (Lipinski definition) is 4. The molecule has 2 aromatic rings. The number of carbonyl (C=O) groups is 3. The Labute approximate surface area is 229 Å². The summed E-state index contributed by atoms with van der Waals surface area (Å²) < 4.78 is 5.30. The van der Waals surface area contributed by atoms with E-state index in [1.807, 2.05) is 19.1 Å². The van der Waals surface area contributed by atoms with Crippen LogP contribution in [0.5, 0.6) is 0 Å². The first kappa shape index (κ1) is 30.0. The van der Waals surface area contributed by atoms with E-state index >= 15 is 0 Å². The number of nitrogens with one attached hydrogen (secondary N) is 2.